The molecule has 0 radical (unpaired) electrons. The fraction of sp³-hybridized carbons (Fsp3) is 0.600. The van der Waals surface area contributed by atoms with Gasteiger partial charge in [-0.1, -0.05) is 37.6 Å². The molecule has 1 aliphatic rings. The maximum absolute atomic E-state index is 13.1. The zero-order chi connectivity index (χ0) is 15.3. The van der Waals surface area contributed by atoms with Crippen LogP contribution in [0.15, 0.2) is 18.2 Å². The van der Waals surface area contributed by atoms with E-state index in [4.69, 9.17) is 9.47 Å². The Morgan fingerprint density at radius 1 is 1.14 bits per heavy atom. The summed E-state index contributed by atoms with van der Waals surface area (Å²) < 4.78 is 49.5. The summed E-state index contributed by atoms with van der Waals surface area (Å²) in [4.78, 5) is 0. The van der Waals surface area contributed by atoms with E-state index in [2.05, 4.69) is 0 Å². The van der Waals surface area contributed by atoms with Crippen LogP contribution in [0.3, 0.4) is 0 Å². The molecule has 2 nitrogen and oxygen atoms in total. The van der Waals surface area contributed by atoms with Gasteiger partial charge in [-0.3, -0.25) is 0 Å². The first-order chi connectivity index (χ1) is 10.0. The number of benzene rings is 1. The molecule has 6 heteroatoms. The summed E-state index contributed by atoms with van der Waals surface area (Å²) in [6.07, 6.45) is 6.89. The molecule has 1 aromatic rings. The van der Waals surface area contributed by atoms with E-state index >= 15 is 0 Å². The molecular weight excluding hydrogens is 280 g/mol. The molecule has 118 valence electrons. The van der Waals surface area contributed by atoms with Crippen LogP contribution in [0.5, 0.6) is 11.5 Å². The van der Waals surface area contributed by atoms with Crippen LogP contribution in [0.2, 0.25) is 0 Å². The van der Waals surface area contributed by atoms with Crippen molar-refractivity contribution in [2.24, 2.45) is 5.92 Å². The Labute approximate surface area is 123 Å². The Bertz CT molecular complexity index is 457. The summed E-state index contributed by atoms with van der Waals surface area (Å²) in [5.74, 6) is 0.708. The van der Waals surface area contributed by atoms with E-state index in [-0.39, 0.29) is 11.5 Å². The second kappa shape index (κ2) is 7.10. The summed E-state index contributed by atoms with van der Waals surface area (Å²) >= 11 is 0. The highest BCUT2D eigenvalue weighted by Crippen LogP contribution is 2.27. The molecule has 0 spiro atoms. The second-order valence-corrected chi connectivity index (χ2v) is 5.62. The third kappa shape index (κ3) is 4.58. The van der Waals surface area contributed by atoms with Gasteiger partial charge in [-0.15, -0.1) is 0 Å². The fourth-order valence-corrected chi connectivity index (χ4v) is 2.85. The Morgan fingerprint density at radius 3 is 2.48 bits per heavy atom. The molecular formula is C15H21BF3O2-. The lowest BCUT2D eigenvalue weighted by Crippen LogP contribution is -2.35. The summed E-state index contributed by atoms with van der Waals surface area (Å²) in [5, 5.41) is 0. The SMILES string of the molecule is COc1ccc(OCCC2CCCCC2)c([B-](F)(F)F)c1. The molecule has 0 amide bonds. The van der Waals surface area contributed by atoms with E-state index in [1.807, 2.05) is 0 Å². The van der Waals surface area contributed by atoms with Gasteiger partial charge in [-0.25, -0.2) is 0 Å². The largest absolute Gasteiger partial charge is 0.513 e. The molecule has 0 heterocycles. The number of rotatable bonds is 6. The minimum absolute atomic E-state index is 0.0842. The van der Waals surface area contributed by atoms with Gasteiger partial charge in [0, 0.05) is 0 Å². The highest BCUT2D eigenvalue weighted by Gasteiger charge is 2.30. The van der Waals surface area contributed by atoms with Crippen molar-refractivity contribution >= 4 is 12.4 Å². The molecule has 1 fully saturated rings. The first kappa shape index (κ1) is 16.1. The Kier molecular flexibility index (Phi) is 5.42. The fourth-order valence-electron chi connectivity index (χ4n) is 2.85. The molecule has 21 heavy (non-hydrogen) atoms. The average molecular weight is 301 g/mol. The molecule has 0 N–H and O–H groups in total. The van der Waals surface area contributed by atoms with Gasteiger partial charge in [-0.2, -0.15) is 0 Å². The van der Waals surface area contributed by atoms with Gasteiger partial charge >= 0.3 is 6.98 Å². The highest BCUT2D eigenvalue weighted by atomic mass is 19.4. The molecule has 0 aliphatic heterocycles. The molecule has 1 aliphatic carbocycles. The van der Waals surface area contributed by atoms with Crippen molar-refractivity contribution in [2.75, 3.05) is 13.7 Å². The van der Waals surface area contributed by atoms with E-state index in [1.54, 1.807) is 0 Å². The monoisotopic (exact) mass is 301 g/mol. The molecule has 0 unspecified atom stereocenters. The van der Waals surface area contributed by atoms with Crippen molar-refractivity contribution < 1.29 is 22.4 Å². The second-order valence-electron chi connectivity index (χ2n) is 5.62. The first-order valence-corrected chi connectivity index (χ1v) is 7.51. The number of hydrogen-bond donors (Lipinski definition) is 0. The van der Waals surface area contributed by atoms with Crippen LogP contribution >= 0.6 is 0 Å². The number of hydrogen-bond acceptors (Lipinski definition) is 2. The Morgan fingerprint density at radius 2 is 1.86 bits per heavy atom. The maximum Gasteiger partial charge on any atom is 0.513 e. The van der Waals surface area contributed by atoms with Crippen LogP contribution in [0, 0.1) is 5.92 Å². The van der Waals surface area contributed by atoms with Gasteiger partial charge in [0.05, 0.1) is 19.5 Å². The quantitative estimate of drug-likeness (QED) is 0.737. The van der Waals surface area contributed by atoms with Crippen molar-refractivity contribution in [3.8, 4) is 11.5 Å². The van der Waals surface area contributed by atoms with Crippen LogP contribution in [0.25, 0.3) is 0 Å². The van der Waals surface area contributed by atoms with Crippen molar-refractivity contribution in [3.05, 3.63) is 18.2 Å². The molecule has 1 saturated carbocycles. The highest BCUT2D eigenvalue weighted by molar-refractivity contribution is 6.74. The van der Waals surface area contributed by atoms with E-state index in [9.17, 15) is 12.9 Å². The summed E-state index contributed by atoms with van der Waals surface area (Å²) in [6.45, 7) is -4.76. The first-order valence-electron chi connectivity index (χ1n) is 7.51. The molecule has 2 rings (SSSR count). The molecule has 0 aromatic heterocycles. The third-order valence-corrected chi connectivity index (χ3v) is 4.08. The molecule has 0 atom stereocenters. The lowest BCUT2D eigenvalue weighted by atomic mass is 9.79. The minimum atomic E-state index is -5.10. The summed E-state index contributed by atoms with van der Waals surface area (Å²) in [7, 11) is 1.35. The van der Waals surface area contributed by atoms with E-state index < -0.39 is 12.4 Å². The van der Waals surface area contributed by atoms with Crippen LogP contribution in [0.1, 0.15) is 38.5 Å². The Balaban J connectivity index is 1.98. The van der Waals surface area contributed by atoms with E-state index in [0.717, 1.165) is 12.5 Å². The van der Waals surface area contributed by atoms with Crippen LogP contribution in [-0.2, 0) is 0 Å². The van der Waals surface area contributed by atoms with Gasteiger partial charge in [0.25, 0.3) is 0 Å². The average Bonchev–Trinajstić information content (AvgIpc) is 2.47. The van der Waals surface area contributed by atoms with Crippen molar-refractivity contribution in [1.29, 1.82) is 0 Å². The third-order valence-electron chi connectivity index (χ3n) is 4.08. The number of ether oxygens (including phenoxy) is 2. The van der Waals surface area contributed by atoms with E-state index in [0.29, 0.717) is 12.5 Å². The maximum atomic E-state index is 13.1. The standard InChI is InChI=1S/C15H21BF3O2/c1-20-13-7-8-15(14(11-13)16(17,18)19)21-10-9-12-5-3-2-4-6-12/h7-8,11-12H,2-6,9-10H2,1H3/q-1. The van der Waals surface area contributed by atoms with Crippen molar-refractivity contribution in [2.45, 2.75) is 38.5 Å². The minimum Gasteiger partial charge on any atom is -0.497 e. The summed E-state index contributed by atoms with van der Waals surface area (Å²) in [5.41, 5.74) is -0.710. The van der Waals surface area contributed by atoms with Gasteiger partial charge < -0.3 is 22.4 Å². The van der Waals surface area contributed by atoms with Crippen LogP contribution in [-0.4, -0.2) is 20.7 Å². The van der Waals surface area contributed by atoms with Gasteiger partial charge in [0.2, 0.25) is 0 Å². The smallest absolute Gasteiger partial charge is 0.497 e. The molecule has 0 bridgehead atoms. The normalized spacial score (nSPS) is 16.8. The van der Waals surface area contributed by atoms with Gasteiger partial charge in [0.15, 0.2) is 0 Å². The molecule has 1 aromatic carbocycles. The zero-order valence-corrected chi connectivity index (χ0v) is 12.3. The van der Waals surface area contributed by atoms with Crippen molar-refractivity contribution in [1.82, 2.24) is 0 Å². The van der Waals surface area contributed by atoms with Crippen LogP contribution in [0.4, 0.5) is 12.9 Å². The summed E-state index contributed by atoms with van der Waals surface area (Å²) in [6, 6.07) is 3.86. The van der Waals surface area contributed by atoms with Gasteiger partial charge in [0.1, 0.15) is 5.75 Å². The zero-order valence-electron chi connectivity index (χ0n) is 12.3. The lowest BCUT2D eigenvalue weighted by Gasteiger charge is -2.23. The molecule has 0 saturated heterocycles. The number of halogens is 3. The lowest BCUT2D eigenvalue weighted by molar-refractivity contribution is 0.246. The van der Waals surface area contributed by atoms with E-state index in [1.165, 1.54) is 51.3 Å². The Hall–Kier alpha value is -1.33. The van der Waals surface area contributed by atoms with Crippen molar-refractivity contribution in [3.63, 3.8) is 0 Å². The predicted octanol–water partition coefficient (Wildman–Crippen LogP) is 4.10. The van der Waals surface area contributed by atoms with Crippen LogP contribution < -0.4 is 14.9 Å². The predicted molar refractivity (Wildman–Crippen MR) is 78.4 cm³/mol. The topological polar surface area (TPSA) is 18.5 Å². The van der Waals surface area contributed by atoms with Gasteiger partial charge in [-0.05, 0) is 30.5 Å². The number of methoxy groups -OCH3 is 1.